The van der Waals surface area contributed by atoms with Gasteiger partial charge in [-0.15, -0.1) is 0 Å². The molecule has 1 fully saturated rings. The normalized spacial score (nSPS) is 13.7. The van der Waals surface area contributed by atoms with Gasteiger partial charge in [0.05, 0.1) is 0 Å². The molecule has 1 aliphatic rings. The highest BCUT2D eigenvalue weighted by Gasteiger charge is 2.38. The largest absolute Gasteiger partial charge is 0.490 e. The number of amides is 2. The van der Waals surface area contributed by atoms with Gasteiger partial charge in [-0.05, 0) is 25.5 Å². The highest BCUT2D eigenvalue weighted by Crippen LogP contribution is 2.13. The molecule has 1 aromatic rings. The lowest BCUT2D eigenvalue weighted by atomic mass is 10.1. The highest BCUT2D eigenvalue weighted by atomic mass is 19.4. The Morgan fingerprint density at radius 2 is 1.81 bits per heavy atom. The van der Waals surface area contributed by atoms with Crippen LogP contribution in [-0.4, -0.2) is 91.9 Å². The van der Waals surface area contributed by atoms with Gasteiger partial charge in [0.15, 0.2) is 0 Å². The fourth-order valence-electron chi connectivity index (χ4n) is 2.98. The SMILES string of the molecule is COCCCN(CCC(=O)N1CCNCC1)C(=O)c1cccc(C)c1.O=C(O)C(F)(F)F. The van der Waals surface area contributed by atoms with E-state index < -0.39 is 12.1 Å². The molecular formula is C21H30F3N3O5. The van der Waals surface area contributed by atoms with Gasteiger partial charge in [0.25, 0.3) is 5.91 Å². The molecule has 2 rings (SSSR count). The van der Waals surface area contributed by atoms with Gasteiger partial charge in [0.2, 0.25) is 5.91 Å². The van der Waals surface area contributed by atoms with Gasteiger partial charge in [0.1, 0.15) is 0 Å². The van der Waals surface area contributed by atoms with Crippen LogP contribution in [0, 0.1) is 6.92 Å². The Morgan fingerprint density at radius 1 is 1.19 bits per heavy atom. The summed E-state index contributed by atoms with van der Waals surface area (Å²) in [6, 6.07) is 7.59. The summed E-state index contributed by atoms with van der Waals surface area (Å²) in [5.41, 5.74) is 1.73. The second-order valence-corrected chi connectivity index (χ2v) is 7.19. The van der Waals surface area contributed by atoms with Crippen LogP contribution in [-0.2, 0) is 14.3 Å². The molecule has 2 amide bonds. The summed E-state index contributed by atoms with van der Waals surface area (Å²) in [7, 11) is 1.65. The predicted octanol–water partition coefficient (Wildman–Crippen LogP) is 1.93. The second-order valence-electron chi connectivity index (χ2n) is 7.19. The van der Waals surface area contributed by atoms with E-state index in [-0.39, 0.29) is 11.8 Å². The van der Waals surface area contributed by atoms with Crippen molar-refractivity contribution in [3.63, 3.8) is 0 Å². The molecule has 1 aromatic carbocycles. The molecule has 0 saturated carbocycles. The maximum absolute atomic E-state index is 12.8. The quantitative estimate of drug-likeness (QED) is 0.574. The number of carboxylic acid groups (broad SMARTS) is 1. The summed E-state index contributed by atoms with van der Waals surface area (Å²) in [4.78, 5) is 37.8. The lowest BCUT2D eigenvalue weighted by Crippen LogP contribution is -2.47. The summed E-state index contributed by atoms with van der Waals surface area (Å²) in [6.07, 6.45) is -3.96. The number of nitrogens with zero attached hydrogens (tertiary/aromatic N) is 2. The van der Waals surface area contributed by atoms with Crippen molar-refractivity contribution in [2.45, 2.75) is 25.9 Å². The zero-order valence-electron chi connectivity index (χ0n) is 18.3. The van der Waals surface area contributed by atoms with Gasteiger partial charge in [0, 0.05) is 65.0 Å². The third-order valence-electron chi connectivity index (χ3n) is 4.64. The van der Waals surface area contributed by atoms with Gasteiger partial charge < -0.3 is 25.0 Å². The van der Waals surface area contributed by atoms with E-state index in [4.69, 9.17) is 14.6 Å². The first-order chi connectivity index (χ1) is 15.1. The van der Waals surface area contributed by atoms with E-state index in [1.54, 1.807) is 12.0 Å². The number of hydrogen-bond donors (Lipinski definition) is 2. The predicted molar refractivity (Wildman–Crippen MR) is 111 cm³/mol. The molecule has 0 radical (unpaired) electrons. The number of piperazine rings is 1. The van der Waals surface area contributed by atoms with Crippen molar-refractivity contribution in [2.24, 2.45) is 0 Å². The van der Waals surface area contributed by atoms with E-state index in [1.165, 1.54) is 0 Å². The van der Waals surface area contributed by atoms with Crippen LogP contribution in [0.4, 0.5) is 13.2 Å². The average molecular weight is 461 g/mol. The summed E-state index contributed by atoms with van der Waals surface area (Å²) >= 11 is 0. The molecular weight excluding hydrogens is 431 g/mol. The maximum atomic E-state index is 12.8. The number of ether oxygens (including phenoxy) is 1. The number of nitrogens with one attached hydrogen (secondary N) is 1. The van der Waals surface area contributed by atoms with Gasteiger partial charge in [-0.2, -0.15) is 13.2 Å². The van der Waals surface area contributed by atoms with Crippen LogP contribution in [0.1, 0.15) is 28.8 Å². The van der Waals surface area contributed by atoms with Crippen LogP contribution in [0.3, 0.4) is 0 Å². The first-order valence-electron chi connectivity index (χ1n) is 10.2. The van der Waals surface area contributed by atoms with Crippen molar-refractivity contribution in [2.75, 3.05) is 53.0 Å². The number of benzene rings is 1. The van der Waals surface area contributed by atoms with Crippen molar-refractivity contribution in [3.05, 3.63) is 35.4 Å². The van der Waals surface area contributed by atoms with Crippen LogP contribution >= 0.6 is 0 Å². The summed E-state index contributed by atoms with van der Waals surface area (Å²) in [5.74, 6) is -2.66. The minimum atomic E-state index is -5.08. The minimum Gasteiger partial charge on any atom is -0.475 e. The zero-order chi connectivity index (χ0) is 24.1. The van der Waals surface area contributed by atoms with Gasteiger partial charge in [-0.25, -0.2) is 4.79 Å². The Morgan fingerprint density at radius 3 is 2.34 bits per heavy atom. The van der Waals surface area contributed by atoms with Crippen molar-refractivity contribution in [3.8, 4) is 0 Å². The fourth-order valence-corrected chi connectivity index (χ4v) is 2.98. The molecule has 8 nitrogen and oxygen atoms in total. The lowest BCUT2D eigenvalue weighted by Gasteiger charge is -2.29. The van der Waals surface area contributed by atoms with E-state index in [0.29, 0.717) is 31.7 Å². The molecule has 2 N–H and O–H groups in total. The summed E-state index contributed by atoms with van der Waals surface area (Å²) in [5, 5.41) is 10.4. The zero-order valence-corrected chi connectivity index (χ0v) is 18.3. The smallest absolute Gasteiger partial charge is 0.475 e. The number of carbonyl (C=O) groups is 3. The molecule has 0 bridgehead atoms. The maximum Gasteiger partial charge on any atom is 0.490 e. The van der Waals surface area contributed by atoms with E-state index in [1.807, 2.05) is 36.1 Å². The molecule has 1 saturated heterocycles. The second kappa shape index (κ2) is 13.7. The number of alkyl halides is 3. The van der Waals surface area contributed by atoms with Crippen molar-refractivity contribution in [1.29, 1.82) is 0 Å². The Balaban J connectivity index is 0.000000633. The van der Waals surface area contributed by atoms with Gasteiger partial charge in [-0.3, -0.25) is 9.59 Å². The monoisotopic (exact) mass is 461 g/mol. The van der Waals surface area contributed by atoms with E-state index in [2.05, 4.69) is 5.32 Å². The molecule has 0 aromatic heterocycles. The molecule has 1 heterocycles. The molecule has 0 spiro atoms. The molecule has 32 heavy (non-hydrogen) atoms. The molecule has 180 valence electrons. The van der Waals surface area contributed by atoms with Gasteiger partial charge in [-0.1, -0.05) is 17.7 Å². The Kier molecular flexibility index (Phi) is 11.7. The van der Waals surface area contributed by atoms with E-state index in [0.717, 1.165) is 38.2 Å². The van der Waals surface area contributed by atoms with Crippen molar-refractivity contribution < 1.29 is 37.4 Å². The molecule has 11 heteroatoms. The summed E-state index contributed by atoms with van der Waals surface area (Å²) < 4.78 is 36.8. The number of aliphatic carboxylic acids is 1. The first kappa shape index (κ1) is 27.4. The standard InChI is InChI=1S/C19H29N3O3.C2HF3O2/c1-16-5-3-6-17(15-16)19(24)22(10-4-14-25-2)11-7-18(23)21-12-8-20-9-13-21;3-2(4,5)1(6)7/h3,5-6,15,20H,4,7-14H2,1-2H3;(H,6,7). The Labute approximate surface area is 185 Å². The van der Waals surface area contributed by atoms with Crippen LogP contribution in [0.5, 0.6) is 0 Å². The average Bonchev–Trinajstić information content (AvgIpc) is 2.76. The number of methoxy groups -OCH3 is 1. The number of hydrogen-bond acceptors (Lipinski definition) is 5. The van der Waals surface area contributed by atoms with Crippen molar-refractivity contribution >= 4 is 17.8 Å². The number of carbonyl (C=O) groups excluding carboxylic acids is 2. The van der Waals surface area contributed by atoms with Gasteiger partial charge >= 0.3 is 12.1 Å². The van der Waals surface area contributed by atoms with Crippen LogP contribution < -0.4 is 5.32 Å². The van der Waals surface area contributed by atoms with Crippen LogP contribution in [0.2, 0.25) is 0 Å². The third kappa shape index (κ3) is 10.1. The third-order valence-corrected chi connectivity index (χ3v) is 4.64. The minimum absolute atomic E-state index is 0.0205. The fraction of sp³-hybridized carbons (Fsp3) is 0.571. The number of carboxylic acids is 1. The van der Waals surface area contributed by atoms with E-state index in [9.17, 15) is 22.8 Å². The van der Waals surface area contributed by atoms with Crippen LogP contribution in [0.15, 0.2) is 24.3 Å². The Bertz CT molecular complexity index is 752. The highest BCUT2D eigenvalue weighted by molar-refractivity contribution is 5.94. The topological polar surface area (TPSA) is 99.2 Å². The number of aryl methyl sites for hydroxylation is 1. The lowest BCUT2D eigenvalue weighted by molar-refractivity contribution is -0.192. The number of halogens is 3. The van der Waals surface area contributed by atoms with E-state index >= 15 is 0 Å². The molecule has 0 atom stereocenters. The molecule has 1 aliphatic heterocycles. The molecule has 0 aliphatic carbocycles. The first-order valence-corrected chi connectivity index (χ1v) is 10.2. The Hall–Kier alpha value is -2.66. The summed E-state index contributed by atoms with van der Waals surface area (Å²) in [6.45, 7) is 6.78. The van der Waals surface area contributed by atoms with Crippen molar-refractivity contribution in [1.82, 2.24) is 15.1 Å². The number of rotatable bonds is 8. The molecule has 0 unspecified atom stereocenters. The van der Waals surface area contributed by atoms with Crippen LogP contribution in [0.25, 0.3) is 0 Å².